The highest BCUT2D eigenvalue weighted by molar-refractivity contribution is 6.05. The Morgan fingerprint density at radius 2 is 2.08 bits per heavy atom. The fourth-order valence-electron chi connectivity index (χ4n) is 3.26. The average Bonchev–Trinajstić information content (AvgIpc) is 2.95. The Labute approximate surface area is 147 Å². The summed E-state index contributed by atoms with van der Waals surface area (Å²) in [4.78, 5) is 27.1. The average molecular weight is 340 g/mol. The SMILES string of the molecule is CC[C@H](C(=O)Nc1cccc(C)c1C)N1C(=O)CCn2nc(C)cc21. The van der Waals surface area contributed by atoms with Gasteiger partial charge in [0.2, 0.25) is 11.8 Å². The molecule has 0 fully saturated rings. The van der Waals surface area contributed by atoms with Crippen LogP contribution in [0.5, 0.6) is 0 Å². The van der Waals surface area contributed by atoms with Gasteiger partial charge in [-0.1, -0.05) is 19.1 Å². The number of rotatable bonds is 4. The van der Waals surface area contributed by atoms with Crippen LogP contribution in [-0.2, 0) is 16.1 Å². The second-order valence-electron chi connectivity index (χ2n) is 6.54. The molecule has 2 aromatic rings. The van der Waals surface area contributed by atoms with E-state index in [-0.39, 0.29) is 11.8 Å². The van der Waals surface area contributed by atoms with Crippen molar-refractivity contribution in [3.63, 3.8) is 0 Å². The highest BCUT2D eigenvalue weighted by Crippen LogP contribution is 2.27. The van der Waals surface area contributed by atoms with E-state index in [0.717, 1.165) is 22.5 Å². The van der Waals surface area contributed by atoms with E-state index in [9.17, 15) is 9.59 Å². The minimum absolute atomic E-state index is 0.0321. The van der Waals surface area contributed by atoms with Gasteiger partial charge in [-0.05, 0) is 44.4 Å². The summed E-state index contributed by atoms with van der Waals surface area (Å²) in [6.45, 7) is 8.37. The number of anilines is 2. The Morgan fingerprint density at radius 3 is 2.80 bits per heavy atom. The lowest BCUT2D eigenvalue weighted by Gasteiger charge is -2.33. The molecule has 0 spiro atoms. The molecular weight excluding hydrogens is 316 g/mol. The van der Waals surface area contributed by atoms with Crippen LogP contribution in [0.4, 0.5) is 11.5 Å². The lowest BCUT2D eigenvalue weighted by Crippen LogP contribution is -2.50. The van der Waals surface area contributed by atoms with E-state index >= 15 is 0 Å². The van der Waals surface area contributed by atoms with Gasteiger partial charge in [-0.25, -0.2) is 4.68 Å². The Balaban J connectivity index is 1.90. The molecule has 0 unspecified atom stereocenters. The van der Waals surface area contributed by atoms with E-state index in [1.54, 1.807) is 4.90 Å². The molecular formula is C19H24N4O2. The number of amides is 2. The molecule has 0 aliphatic carbocycles. The fraction of sp³-hybridized carbons (Fsp3) is 0.421. The van der Waals surface area contributed by atoms with Crippen molar-refractivity contribution >= 4 is 23.3 Å². The largest absolute Gasteiger partial charge is 0.324 e. The van der Waals surface area contributed by atoms with Crippen molar-refractivity contribution in [2.24, 2.45) is 0 Å². The van der Waals surface area contributed by atoms with Crippen molar-refractivity contribution in [3.8, 4) is 0 Å². The zero-order valence-corrected chi connectivity index (χ0v) is 15.2. The summed E-state index contributed by atoms with van der Waals surface area (Å²) < 4.78 is 1.81. The maximum absolute atomic E-state index is 12.9. The molecule has 1 aliphatic heterocycles. The molecule has 6 nitrogen and oxygen atoms in total. The van der Waals surface area contributed by atoms with Gasteiger partial charge in [-0.3, -0.25) is 14.5 Å². The lowest BCUT2D eigenvalue weighted by molar-refractivity contribution is -0.124. The van der Waals surface area contributed by atoms with Gasteiger partial charge in [0.15, 0.2) is 0 Å². The molecule has 2 amide bonds. The smallest absolute Gasteiger partial charge is 0.247 e. The van der Waals surface area contributed by atoms with Gasteiger partial charge in [-0.15, -0.1) is 0 Å². The molecule has 1 N–H and O–H groups in total. The maximum atomic E-state index is 12.9. The third-order valence-corrected chi connectivity index (χ3v) is 4.80. The third kappa shape index (κ3) is 3.16. The summed E-state index contributed by atoms with van der Waals surface area (Å²) in [5, 5.41) is 7.41. The van der Waals surface area contributed by atoms with Crippen LogP contribution in [0.2, 0.25) is 0 Å². The summed E-state index contributed by atoms with van der Waals surface area (Å²) in [5.41, 5.74) is 3.79. The van der Waals surface area contributed by atoms with Crippen LogP contribution in [0.25, 0.3) is 0 Å². The number of hydrogen-bond donors (Lipinski definition) is 1. The van der Waals surface area contributed by atoms with Crippen LogP contribution in [-0.4, -0.2) is 27.6 Å². The van der Waals surface area contributed by atoms with Gasteiger partial charge in [-0.2, -0.15) is 5.10 Å². The number of hydrogen-bond acceptors (Lipinski definition) is 3. The summed E-state index contributed by atoms with van der Waals surface area (Å²) in [6.07, 6.45) is 0.897. The van der Waals surface area contributed by atoms with E-state index in [0.29, 0.717) is 25.2 Å². The molecule has 0 bridgehead atoms. The molecule has 2 heterocycles. The molecule has 0 saturated heterocycles. The van der Waals surface area contributed by atoms with Crippen LogP contribution >= 0.6 is 0 Å². The number of fused-ring (bicyclic) bond motifs is 1. The topological polar surface area (TPSA) is 67.2 Å². The number of aromatic nitrogens is 2. The summed E-state index contributed by atoms with van der Waals surface area (Å²) in [7, 11) is 0. The highest BCUT2D eigenvalue weighted by Gasteiger charge is 2.35. The van der Waals surface area contributed by atoms with Crippen molar-refractivity contribution in [3.05, 3.63) is 41.1 Å². The van der Waals surface area contributed by atoms with E-state index in [1.807, 2.05) is 56.6 Å². The molecule has 1 aromatic heterocycles. The number of carbonyl (C=O) groups excluding carboxylic acids is 2. The molecule has 1 atom stereocenters. The van der Waals surface area contributed by atoms with Gasteiger partial charge in [0.1, 0.15) is 11.9 Å². The fourth-order valence-corrected chi connectivity index (χ4v) is 3.26. The Bertz CT molecular complexity index is 825. The van der Waals surface area contributed by atoms with Crippen molar-refractivity contribution in [2.45, 2.75) is 53.1 Å². The molecule has 1 aromatic carbocycles. The molecule has 132 valence electrons. The number of aryl methyl sites for hydroxylation is 3. The number of nitrogens with zero attached hydrogens (tertiary/aromatic N) is 3. The first-order valence-electron chi connectivity index (χ1n) is 8.66. The van der Waals surface area contributed by atoms with Crippen LogP contribution in [0.1, 0.15) is 36.6 Å². The Morgan fingerprint density at radius 1 is 1.32 bits per heavy atom. The van der Waals surface area contributed by atoms with Crippen molar-refractivity contribution in [1.29, 1.82) is 0 Å². The van der Waals surface area contributed by atoms with Gasteiger partial charge >= 0.3 is 0 Å². The second-order valence-corrected chi connectivity index (χ2v) is 6.54. The summed E-state index contributed by atoms with van der Waals surface area (Å²) in [6, 6.07) is 7.13. The number of carbonyl (C=O) groups is 2. The molecule has 6 heteroatoms. The predicted octanol–water partition coefficient (Wildman–Crippen LogP) is 2.96. The van der Waals surface area contributed by atoms with Gasteiger partial charge in [0.25, 0.3) is 0 Å². The lowest BCUT2D eigenvalue weighted by atomic mass is 10.1. The molecule has 0 radical (unpaired) electrons. The van der Waals surface area contributed by atoms with E-state index in [1.165, 1.54) is 0 Å². The second kappa shape index (κ2) is 6.70. The van der Waals surface area contributed by atoms with Crippen LogP contribution in [0.15, 0.2) is 24.3 Å². The van der Waals surface area contributed by atoms with Gasteiger partial charge in [0.05, 0.1) is 12.2 Å². The molecule has 3 rings (SSSR count). The van der Waals surface area contributed by atoms with E-state index in [2.05, 4.69) is 10.4 Å². The van der Waals surface area contributed by atoms with E-state index in [4.69, 9.17) is 0 Å². The zero-order chi connectivity index (χ0) is 18.1. The first-order valence-corrected chi connectivity index (χ1v) is 8.66. The van der Waals surface area contributed by atoms with Crippen molar-refractivity contribution in [2.75, 3.05) is 10.2 Å². The quantitative estimate of drug-likeness (QED) is 0.930. The maximum Gasteiger partial charge on any atom is 0.247 e. The molecule has 1 aliphatic rings. The minimum atomic E-state index is -0.553. The summed E-state index contributed by atoms with van der Waals surface area (Å²) >= 11 is 0. The van der Waals surface area contributed by atoms with Crippen molar-refractivity contribution < 1.29 is 9.59 Å². The van der Waals surface area contributed by atoms with Crippen LogP contribution < -0.4 is 10.2 Å². The van der Waals surface area contributed by atoms with Gasteiger partial charge in [0, 0.05) is 18.2 Å². The van der Waals surface area contributed by atoms with Crippen LogP contribution in [0.3, 0.4) is 0 Å². The van der Waals surface area contributed by atoms with E-state index < -0.39 is 6.04 Å². The number of nitrogens with one attached hydrogen (secondary N) is 1. The zero-order valence-electron chi connectivity index (χ0n) is 15.2. The summed E-state index contributed by atoms with van der Waals surface area (Å²) in [5.74, 6) is 0.504. The predicted molar refractivity (Wildman–Crippen MR) is 97.7 cm³/mol. The Hall–Kier alpha value is -2.63. The normalized spacial score (nSPS) is 15.0. The molecule has 0 saturated carbocycles. The standard InChI is InChI=1S/C19H24N4O2/c1-5-16(19(25)20-15-8-6-7-12(2)14(15)4)23-17-11-13(3)21-22(17)10-9-18(23)24/h6-8,11,16H,5,9-10H2,1-4H3,(H,20,25)/t16-/m1/s1. The first kappa shape index (κ1) is 17.2. The third-order valence-electron chi connectivity index (χ3n) is 4.80. The number of benzene rings is 1. The van der Waals surface area contributed by atoms with Gasteiger partial charge < -0.3 is 5.32 Å². The first-order chi connectivity index (χ1) is 11.9. The molecule has 25 heavy (non-hydrogen) atoms. The monoisotopic (exact) mass is 340 g/mol. The minimum Gasteiger partial charge on any atom is -0.324 e. The van der Waals surface area contributed by atoms with Crippen molar-refractivity contribution in [1.82, 2.24) is 9.78 Å². The highest BCUT2D eigenvalue weighted by atomic mass is 16.2. The van der Waals surface area contributed by atoms with Crippen LogP contribution in [0, 0.1) is 20.8 Å². The Kier molecular flexibility index (Phi) is 4.61.